The van der Waals surface area contributed by atoms with E-state index >= 15 is 0 Å². The fourth-order valence-corrected chi connectivity index (χ4v) is 5.35. The fraction of sp³-hybridized carbons (Fsp3) is 0.500. The summed E-state index contributed by atoms with van der Waals surface area (Å²) in [5.41, 5.74) is 0.458. The van der Waals surface area contributed by atoms with Crippen LogP contribution in [0.2, 0.25) is 0 Å². The van der Waals surface area contributed by atoms with Crippen molar-refractivity contribution in [2.24, 2.45) is 9.96 Å². The van der Waals surface area contributed by atoms with Crippen LogP contribution < -0.4 is 0 Å². The first kappa shape index (κ1) is 18.6. The number of nitrogens with zero attached hydrogens (tertiary/aromatic N) is 5. The number of hydrogen-bond donors (Lipinski definition) is 0. The van der Waals surface area contributed by atoms with Gasteiger partial charge in [-0.15, -0.1) is 9.96 Å². The second-order valence-corrected chi connectivity index (χ2v) is 9.47. The number of rotatable bonds is 4. The Morgan fingerprint density at radius 1 is 0.905 bits per heavy atom. The van der Waals surface area contributed by atoms with E-state index in [0.29, 0.717) is 5.71 Å². The Balaban J connectivity index is 3.38. The molecule has 0 aromatic carbocycles. The van der Waals surface area contributed by atoms with Crippen LogP contribution >= 0.6 is 30.7 Å². The molecule has 0 saturated carbocycles. The van der Waals surface area contributed by atoms with Crippen molar-refractivity contribution in [2.75, 3.05) is 42.3 Å². The molecule has 0 aromatic heterocycles. The summed E-state index contributed by atoms with van der Waals surface area (Å²) < 4.78 is 6.09. The minimum absolute atomic E-state index is 0.0416. The first-order valence-corrected chi connectivity index (χ1v) is 8.50. The minimum atomic E-state index is -2.13. The Morgan fingerprint density at radius 3 is 1.62 bits per heavy atom. The van der Waals surface area contributed by atoms with E-state index in [-0.39, 0.29) is 10.1 Å². The molecule has 1 aliphatic rings. The molecule has 1 aliphatic carbocycles. The summed E-state index contributed by atoms with van der Waals surface area (Å²) in [5.74, 6) is -0.397. The number of allylic oxidation sites excluding steroid dienone is 4. The molecule has 6 nitrogen and oxygen atoms in total. The molecule has 0 fully saturated rings. The zero-order chi connectivity index (χ0) is 16.4. The summed E-state index contributed by atoms with van der Waals surface area (Å²) in [6, 6.07) is 0. The van der Waals surface area contributed by atoms with E-state index in [9.17, 15) is 4.79 Å². The maximum atomic E-state index is 11.5. The van der Waals surface area contributed by atoms with E-state index < -0.39 is 13.3 Å². The van der Waals surface area contributed by atoms with Gasteiger partial charge in [-0.05, 0) is 54.4 Å². The molecule has 0 amide bonds. The monoisotopic (exact) mass is 351 g/mol. The molecule has 21 heavy (non-hydrogen) atoms. The van der Waals surface area contributed by atoms with Gasteiger partial charge in [-0.1, -0.05) is 23.2 Å². The SMILES string of the molecule is CN(C)P(=NN=C1C=C(Cl)C(=O)C(Cl)=C1)(N(C)C)N(C)C. The van der Waals surface area contributed by atoms with Crippen LogP contribution in [0.5, 0.6) is 0 Å². The lowest BCUT2D eigenvalue weighted by Crippen LogP contribution is -2.30. The number of hydrogen-bond acceptors (Lipinski definition) is 2. The van der Waals surface area contributed by atoms with Crippen LogP contribution in [0.1, 0.15) is 0 Å². The van der Waals surface area contributed by atoms with Gasteiger partial charge >= 0.3 is 0 Å². The third kappa shape index (κ3) is 3.83. The molecule has 0 saturated heterocycles. The van der Waals surface area contributed by atoms with Gasteiger partial charge in [0.05, 0.1) is 15.8 Å². The van der Waals surface area contributed by atoms with Gasteiger partial charge in [-0.3, -0.25) is 18.8 Å². The van der Waals surface area contributed by atoms with Crippen LogP contribution in [0.3, 0.4) is 0 Å². The number of ketones is 1. The summed E-state index contributed by atoms with van der Waals surface area (Å²) in [4.78, 5) is 16.0. The van der Waals surface area contributed by atoms with Crippen LogP contribution in [0, 0.1) is 0 Å². The predicted molar refractivity (Wildman–Crippen MR) is 90.7 cm³/mol. The van der Waals surface area contributed by atoms with E-state index in [1.54, 1.807) is 0 Å². The van der Waals surface area contributed by atoms with Gasteiger partial charge in [0, 0.05) is 0 Å². The summed E-state index contributed by atoms with van der Waals surface area (Å²) in [5, 5.41) is 4.33. The van der Waals surface area contributed by atoms with Gasteiger partial charge in [0.25, 0.3) is 0 Å². The van der Waals surface area contributed by atoms with Gasteiger partial charge in [-0.2, -0.15) is 0 Å². The summed E-state index contributed by atoms with van der Waals surface area (Å²) >= 11 is 11.7. The van der Waals surface area contributed by atoms with Crippen molar-refractivity contribution >= 4 is 42.2 Å². The maximum absolute atomic E-state index is 11.5. The van der Waals surface area contributed by atoms with Crippen molar-refractivity contribution in [3.8, 4) is 0 Å². The molecule has 0 N–H and O–H groups in total. The highest BCUT2D eigenvalue weighted by Gasteiger charge is 2.29. The topological polar surface area (TPSA) is 51.5 Å². The van der Waals surface area contributed by atoms with Gasteiger partial charge in [0.1, 0.15) is 0 Å². The lowest BCUT2D eigenvalue weighted by Gasteiger charge is -2.39. The predicted octanol–water partition coefficient (Wildman–Crippen LogP) is 2.80. The summed E-state index contributed by atoms with van der Waals surface area (Å²) in [7, 11) is 9.59. The van der Waals surface area contributed by atoms with Crippen molar-refractivity contribution in [1.82, 2.24) is 14.0 Å². The van der Waals surface area contributed by atoms with E-state index in [1.165, 1.54) is 12.2 Å². The highest BCUT2D eigenvalue weighted by molar-refractivity contribution is 7.58. The first-order valence-electron chi connectivity index (χ1n) is 6.14. The number of Topliss-reactive ketones (excluding diaryl/α,β-unsaturated/α-hetero) is 1. The Kier molecular flexibility index (Phi) is 6.35. The van der Waals surface area contributed by atoms with E-state index in [0.717, 1.165) is 0 Å². The van der Waals surface area contributed by atoms with Crippen molar-refractivity contribution in [3.05, 3.63) is 22.2 Å². The Labute approximate surface area is 135 Å². The lowest BCUT2D eigenvalue weighted by atomic mass is 10.1. The average Bonchev–Trinajstić information content (AvgIpc) is 2.35. The number of carbonyl (C=O) groups excluding carboxylic acids is 1. The summed E-state index contributed by atoms with van der Waals surface area (Å²) in [6.45, 7) is 0. The van der Waals surface area contributed by atoms with Gasteiger partial charge in [0.2, 0.25) is 5.78 Å². The smallest absolute Gasteiger partial charge is 0.215 e. The van der Waals surface area contributed by atoms with Gasteiger partial charge in [-0.25, -0.2) is 0 Å². The van der Waals surface area contributed by atoms with E-state index in [4.69, 9.17) is 23.2 Å². The van der Waals surface area contributed by atoms with Crippen molar-refractivity contribution < 1.29 is 4.79 Å². The van der Waals surface area contributed by atoms with Gasteiger partial charge in [0.15, 0.2) is 7.51 Å². The van der Waals surface area contributed by atoms with Crippen LogP contribution in [-0.4, -0.2) is 67.8 Å². The zero-order valence-corrected chi connectivity index (χ0v) is 15.4. The maximum Gasteiger partial charge on any atom is 0.215 e. The van der Waals surface area contributed by atoms with Gasteiger partial charge < -0.3 is 0 Å². The standard InChI is InChI=1S/C12H20Cl2N5OP/c1-17(2)21(18(3)4,19(5)6)16-15-9-7-10(13)12(20)11(14)8-9/h7-8H,1-6H3. The molecule has 0 spiro atoms. The third-order valence-electron chi connectivity index (χ3n) is 2.87. The van der Waals surface area contributed by atoms with Crippen LogP contribution in [0.4, 0.5) is 0 Å². The highest BCUT2D eigenvalue weighted by atomic mass is 35.5. The second-order valence-electron chi connectivity index (χ2n) is 5.01. The van der Waals surface area contributed by atoms with Crippen LogP contribution in [0.15, 0.2) is 32.2 Å². The van der Waals surface area contributed by atoms with Crippen molar-refractivity contribution in [2.45, 2.75) is 0 Å². The molecule has 9 heteroatoms. The van der Waals surface area contributed by atoms with Crippen LogP contribution in [0.25, 0.3) is 0 Å². The zero-order valence-electron chi connectivity index (χ0n) is 13.0. The van der Waals surface area contributed by atoms with Crippen molar-refractivity contribution in [3.63, 3.8) is 0 Å². The Hall–Kier alpha value is -0.490. The normalized spacial score (nSPS) is 16.5. The molecular formula is C12H20Cl2N5OP. The summed E-state index contributed by atoms with van der Waals surface area (Å²) in [6.07, 6.45) is 2.93. The number of carbonyl (C=O) groups is 1. The van der Waals surface area contributed by atoms with Crippen LogP contribution in [-0.2, 0) is 4.79 Å². The first-order chi connectivity index (χ1) is 9.62. The largest absolute Gasteiger partial charge is 0.287 e. The lowest BCUT2D eigenvalue weighted by molar-refractivity contribution is -0.111. The molecule has 0 aliphatic heterocycles. The second kappa shape index (κ2) is 7.18. The Morgan fingerprint density at radius 2 is 1.29 bits per heavy atom. The Bertz CT molecular complexity index is 526. The van der Waals surface area contributed by atoms with Crippen molar-refractivity contribution in [1.29, 1.82) is 0 Å². The van der Waals surface area contributed by atoms with E-state index in [2.05, 4.69) is 9.96 Å². The molecule has 0 atom stereocenters. The molecular weight excluding hydrogens is 332 g/mol. The quantitative estimate of drug-likeness (QED) is 0.444. The number of halogens is 2. The molecule has 118 valence electrons. The molecule has 0 bridgehead atoms. The average molecular weight is 352 g/mol. The van der Waals surface area contributed by atoms with E-state index in [1.807, 2.05) is 56.3 Å². The molecule has 0 aromatic rings. The molecule has 1 rings (SSSR count). The molecule has 0 radical (unpaired) electrons. The molecule has 0 heterocycles. The third-order valence-corrected chi connectivity index (χ3v) is 6.98. The molecule has 0 unspecified atom stereocenters. The minimum Gasteiger partial charge on any atom is -0.287 e. The highest BCUT2D eigenvalue weighted by Crippen LogP contribution is 2.54. The fourth-order valence-electron chi connectivity index (χ4n) is 2.03.